The molecule has 5 nitrogen and oxygen atoms in total. The number of anilines is 1. The molecule has 2 aliphatic heterocycles. The number of aliphatic imine (C=N–C) groups is 1. The average Bonchev–Trinajstić information content (AvgIpc) is 3.12. The van der Waals surface area contributed by atoms with Crippen LogP contribution in [0.4, 0.5) is 5.69 Å². The normalized spacial score (nSPS) is 24.5. The topological polar surface area (TPSA) is 66.8 Å². The van der Waals surface area contributed by atoms with E-state index in [4.69, 9.17) is 0 Å². The number of sulfone groups is 1. The van der Waals surface area contributed by atoms with E-state index in [0.717, 1.165) is 17.7 Å². The van der Waals surface area contributed by atoms with Crippen LogP contribution in [0.3, 0.4) is 0 Å². The SMILES string of the molecule is CCc1ccc(N2C(=NC(=O)c3cccc(C)c3)S[C@@H]3CS(=O)(=O)C[C@@H]32)cc1. The fourth-order valence-corrected chi connectivity index (χ4v) is 7.60. The van der Waals surface area contributed by atoms with Crippen molar-refractivity contribution in [2.24, 2.45) is 4.99 Å². The molecule has 0 bridgehead atoms. The van der Waals surface area contributed by atoms with Crippen molar-refractivity contribution >= 4 is 38.4 Å². The van der Waals surface area contributed by atoms with Crippen molar-refractivity contribution in [1.82, 2.24) is 0 Å². The first-order valence-corrected chi connectivity index (χ1v) is 12.0. The van der Waals surface area contributed by atoms with E-state index in [1.807, 2.05) is 54.3 Å². The zero-order valence-corrected chi connectivity index (χ0v) is 17.5. The van der Waals surface area contributed by atoms with Crippen LogP contribution >= 0.6 is 11.8 Å². The van der Waals surface area contributed by atoms with Gasteiger partial charge in [-0.3, -0.25) is 4.79 Å². The number of rotatable bonds is 3. The molecule has 7 heteroatoms. The molecule has 0 spiro atoms. The van der Waals surface area contributed by atoms with Crippen LogP contribution in [0.1, 0.15) is 28.4 Å². The minimum Gasteiger partial charge on any atom is -0.316 e. The third-order valence-electron chi connectivity index (χ3n) is 5.15. The zero-order chi connectivity index (χ0) is 19.9. The molecule has 0 aliphatic carbocycles. The van der Waals surface area contributed by atoms with Gasteiger partial charge in [0.05, 0.1) is 17.5 Å². The van der Waals surface area contributed by atoms with E-state index in [1.165, 1.54) is 17.3 Å². The number of carbonyl (C=O) groups is 1. The first-order chi connectivity index (χ1) is 13.4. The second-order valence-corrected chi connectivity index (χ2v) is 10.6. The second kappa shape index (κ2) is 7.37. The van der Waals surface area contributed by atoms with E-state index in [0.29, 0.717) is 10.7 Å². The van der Waals surface area contributed by atoms with Crippen LogP contribution in [0.5, 0.6) is 0 Å². The van der Waals surface area contributed by atoms with Crippen molar-refractivity contribution in [1.29, 1.82) is 0 Å². The molecule has 1 amide bonds. The number of aryl methyl sites for hydroxylation is 2. The van der Waals surface area contributed by atoms with E-state index in [9.17, 15) is 13.2 Å². The van der Waals surface area contributed by atoms with Gasteiger partial charge in [0, 0.05) is 16.5 Å². The number of nitrogens with zero attached hydrogens (tertiary/aromatic N) is 2. The Hall–Kier alpha value is -2.12. The third kappa shape index (κ3) is 3.73. The lowest BCUT2D eigenvalue weighted by molar-refractivity contribution is 0.100. The quantitative estimate of drug-likeness (QED) is 0.769. The maximum absolute atomic E-state index is 12.7. The van der Waals surface area contributed by atoms with Crippen LogP contribution in [-0.4, -0.2) is 42.3 Å². The number of hydrogen-bond acceptors (Lipinski definition) is 4. The minimum absolute atomic E-state index is 0.0951. The summed E-state index contributed by atoms with van der Waals surface area (Å²) < 4.78 is 24.3. The number of fused-ring (bicyclic) bond motifs is 1. The summed E-state index contributed by atoms with van der Waals surface area (Å²) in [6.07, 6.45) is 0.933. The van der Waals surface area contributed by atoms with Gasteiger partial charge in [-0.25, -0.2) is 8.42 Å². The molecule has 2 aromatic rings. The molecule has 2 aliphatic rings. The Kier molecular flexibility index (Phi) is 5.05. The Balaban J connectivity index is 1.71. The van der Waals surface area contributed by atoms with E-state index in [2.05, 4.69) is 11.9 Å². The van der Waals surface area contributed by atoms with Gasteiger partial charge in [-0.15, -0.1) is 0 Å². The monoisotopic (exact) mass is 414 g/mol. The summed E-state index contributed by atoms with van der Waals surface area (Å²) in [6, 6.07) is 15.2. The zero-order valence-electron chi connectivity index (χ0n) is 15.8. The lowest BCUT2D eigenvalue weighted by atomic mass is 10.1. The summed E-state index contributed by atoms with van der Waals surface area (Å²) in [5.74, 6) is -0.0781. The van der Waals surface area contributed by atoms with Crippen molar-refractivity contribution in [3.05, 3.63) is 65.2 Å². The molecule has 4 rings (SSSR count). The summed E-state index contributed by atoms with van der Waals surface area (Å²) >= 11 is 1.40. The highest BCUT2D eigenvalue weighted by atomic mass is 32.2. The van der Waals surface area contributed by atoms with Gasteiger partial charge in [0.25, 0.3) is 5.91 Å². The van der Waals surface area contributed by atoms with Crippen LogP contribution in [0.15, 0.2) is 53.5 Å². The Morgan fingerprint density at radius 2 is 1.93 bits per heavy atom. The van der Waals surface area contributed by atoms with E-state index in [1.54, 1.807) is 6.07 Å². The fraction of sp³-hybridized carbons (Fsp3) is 0.333. The summed E-state index contributed by atoms with van der Waals surface area (Å²) in [7, 11) is -3.07. The highest BCUT2D eigenvalue weighted by Crippen LogP contribution is 2.41. The standard InChI is InChI=1S/C21H22N2O3S2/c1-3-15-7-9-17(10-8-15)23-18-12-28(25,26)13-19(18)27-21(23)22-20(24)16-6-4-5-14(2)11-16/h4-11,18-19H,3,12-13H2,1-2H3/t18-,19+/m0/s1. The molecule has 146 valence electrons. The lowest BCUT2D eigenvalue weighted by Crippen LogP contribution is -2.37. The molecule has 28 heavy (non-hydrogen) atoms. The molecule has 0 N–H and O–H groups in total. The van der Waals surface area contributed by atoms with Crippen molar-refractivity contribution in [3.8, 4) is 0 Å². The van der Waals surface area contributed by atoms with Gasteiger partial charge in [-0.2, -0.15) is 4.99 Å². The molecule has 2 atom stereocenters. The largest absolute Gasteiger partial charge is 0.316 e. The van der Waals surface area contributed by atoms with Gasteiger partial charge in [0.1, 0.15) is 0 Å². The van der Waals surface area contributed by atoms with E-state index in [-0.39, 0.29) is 28.7 Å². The number of benzene rings is 2. The fourth-order valence-electron chi connectivity index (χ4n) is 3.69. The molecular weight excluding hydrogens is 392 g/mol. The molecule has 0 radical (unpaired) electrons. The molecule has 0 saturated carbocycles. The minimum atomic E-state index is -3.07. The smallest absolute Gasteiger partial charge is 0.279 e. The molecule has 2 heterocycles. The van der Waals surface area contributed by atoms with Crippen molar-refractivity contribution in [2.45, 2.75) is 31.6 Å². The number of amidine groups is 1. The maximum atomic E-state index is 12.7. The van der Waals surface area contributed by atoms with E-state index >= 15 is 0 Å². The summed E-state index contributed by atoms with van der Waals surface area (Å²) in [5, 5.41) is 0.487. The first-order valence-electron chi connectivity index (χ1n) is 9.31. The predicted octanol–water partition coefficient (Wildman–Crippen LogP) is 3.47. The molecule has 0 unspecified atom stereocenters. The number of thioether (sulfide) groups is 1. The highest BCUT2D eigenvalue weighted by Gasteiger charge is 2.49. The average molecular weight is 415 g/mol. The van der Waals surface area contributed by atoms with Crippen LogP contribution < -0.4 is 4.90 Å². The predicted molar refractivity (Wildman–Crippen MR) is 115 cm³/mol. The number of carbonyl (C=O) groups excluding carboxylic acids is 1. The van der Waals surface area contributed by atoms with E-state index < -0.39 is 9.84 Å². The van der Waals surface area contributed by atoms with Crippen molar-refractivity contribution in [2.75, 3.05) is 16.4 Å². The summed E-state index contributed by atoms with van der Waals surface area (Å²) in [4.78, 5) is 19.1. The maximum Gasteiger partial charge on any atom is 0.279 e. The van der Waals surface area contributed by atoms with Crippen LogP contribution in [0, 0.1) is 6.92 Å². The molecular formula is C21H22N2O3S2. The van der Waals surface area contributed by atoms with Crippen LogP contribution in [-0.2, 0) is 16.3 Å². The van der Waals surface area contributed by atoms with Gasteiger partial charge in [-0.05, 0) is 43.2 Å². The van der Waals surface area contributed by atoms with Crippen LogP contribution in [0.25, 0.3) is 0 Å². The Bertz CT molecular complexity index is 1050. The number of amides is 1. The van der Waals surface area contributed by atoms with Crippen LogP contribution in [0.2, 0.25) is 0 Å². The third-order valence-corrected chi connectivity index (χ3v) is 8.36. The lowest BCUT2D eigenvalue weighted by Gasteiger charge is -2.24. The van der Waals surface area contributed by atoms with Crippen molar-refractivity contribution in [3.63, 3.8) is 0 Å². The van der Waals surface area contributed by atoms with Gasteiger partial charge in [-0.1, -0.05) is 48.5 Å². The van der Waals surface area contributed by atoms with Gasteiger partial charge in [0.2, 0.25) is 0 Å². The first kappa shape index (κ1) is 19.2. The van der Waals surface area contributed by atoms with Gasteiger partial charge < -0.3 is 4.90 Å². The highest BCUT2D eigenvalue weighted by molar-refractivity contribution is 8.16. The Labute approximate surface area is 169 Å². The van der Waals surface area contributed by atoms with Gasteiger partial charge in [0.15, 0.2) is 15.0 Å². The summed E-state index contributed by atoms with van der Waals surface area (Å²) in [6.45, 7) is 4.03. The molecule has 2 fully saturated rings. The number of hydrogen-bond donors (Lipinski definition) is 0. The summed E-state index contributed by atoms with van der Waals surface area (Å²) in [5.41, 5.74) is 3.63. The molecule has 0 aromatic heterocycles. The van der Waals surface area contributed by atoms with Crippen molar-refractivity contribution < 1.29 is 13.2 Å². The Morgan fingerprint density at radius 3 is 2.61 bits per heavy atom. The molecule has 2 saturated heterocycles. The molecule has 2 aromatic carbocycles. The van der Waals surface area contributed by atoms with Gasteiger partial charge >= 0.3 is 0 Å². The second-order valence-electron chi connectivity index (χ2n) is 7.26. The Morgan fingerprint density at radius 1 is 1.18 bits per heavy atom.